The third-order valence-electron chi connectivity index (χ3n) is 3.06. The highest BCUT2D eigenvalue weighted by atomic mass is 79.9. The standard InChI is InChI=1S/C16H15BrN2O2/c1-10-6-7-12(8-13(10)17)16(21)19-14-5-3-2-4-11(14)9-15(18)20/h2-8H,9H2,1H3,(H2,18,20)(H,19,21). The minimum Gasteiger partial charge on any atom is -0.369 e. The first kappa shape index (κ1) is 15.3. The van der Waals surface area contributed by atoms with Crippen molar-refractivity contribution in [1.82, 2.24) is 0 Å². The van der Waals surface area contributed by atoms with E-state index in [4.69, 9.17) is 5.73 Å². The maximum absolute atomic E-state index is 12.3. The number of amides is 2. The van der Waals surface area contributed by atoms with Gasteiger partial charge in [-0.15, -0.1) is 0 Å². The maximum Gasteiger partial charge on any atom is 0.255 e. The average molecular weight is 347 g/mol. The molecule has 108 valence electrons. The van der Waals surface area contributed by atoms with E-state index in [1.54, 1.807) is 36.4 Å². The number of aryl methyl sites for hydroxylation is 1. The number of rotatable bonds is 4. The molecule has 0 saturated heterocycles. The lowest BCUT2D eigenvalue weighted by molar-refractivity contribution is -0.117. The highest BCUT2D eigenvalue weighted by Crippen LogP contribution is 2.20. The molecule has 3 N–H and O–H groups in total. The molecule has 0 saturated carbocycles. The summed E-state index contributed by atoms with van der Waals surface area (Å²) in [5.74, 6) is -0.664. The van der Waals surface area contributed by atoms with Crippen molar-refractivity contribution in [3.05, 3.63) is 63.6 Å². The van der Waals surface area contributed by atoms with Gasteiger partial charge < -0.3 is 11.1 Å². The number of anilines is 1. The molecule has 21 heavy (non-hydrogen) atoms. The van der Waals surface area contributed by atoms with E-state index in [9.17, 15) is 9.59 Å². The SMILES string of the molecule is Cc1ccc(C(=O)Nc2ccccc2CC(N)=O)cc1Br. The molecule has 2 amide bonds. The van der Waals surface area contributed by atoms with Gasteiger partial charge in [0.25, 0.3) is 5.91 Å². The van der Waals surface area contributed by atoms with Gasteiger partial charge in [-0.1, -0.05) is 40.2 Å². The predicted molar refractivity (Wildman–Crippen MR) is 86.2 cm³/mol. The van der Waals surface area contributed by atoms with Gasteiger partial charge in [0.2, 0.25) is 5.91 Å². The van der Waals surface area contributed by atoms with Crippen LogP contribution >= 0.6 is 15.9 Å². The summed E-state index contributed by atoms with van der Waals surface area (Å²) in [6.45, 7) is 1.95. The Morgan fingerprint density at radius 3 is 2.57 bits per heavy atom. The van der Waals surface area contributed by atoms with Crippen LogP contribution in [0.4, 0.5) is 5.69 Å². The fourth-order valence-corrected chi connectivity index (χ4v) is 2.29. The molecule has 0 aromatic heterocycles. The number of nitrogens with two attached hydrogens (primary N) is 1. The minimum absolute atomic E-state index is 0.0913. The van der Waals surface area contributed by atoms with Crippen molar-refractivity contribution < 1.29 is 9.59 Å². The van der Waals surface area contributed by atoms with E-state index in [0.29, 0.717) is 16.8 Å². The fourth-order valence-electron chi connectivity index (χ4n) is 1.91. The van der Waals surface area contributed by atoms with E-state index < -0.39 is 5.91 Å². The number of benzene rings is 2. The van der Waals surface area contributed by atoms with Crippen LogP contribution in [0, 0.1) is 6.92 Å². The number of hydrogen-bond donors (Lipinski definition) is 2. The number of halogens is 1. The molecule has 0 unspecified atom stereocenters. The lowest BCUT2D eigenvalue weighted by Gasteiger charge is -2.10. The van der Waals surface area contributed by atoms with Crippen LogP contribution in [0.25, 0.3) is 0 Å². The average Bonchev–Trinajstić information content (AvgIpc) is 2.43. The van der Waals surface area contributed by atoms with Gasteiger partial charge in [-0.3, -0.25) is 9.59 Å². The number of hydrogen-bond acceptors (Lipinski definition) is 2. The molecule has 0 spiro atoms. The van der Waals surface area contributed by atoms with E-state index in [0.717, 1.165) is 10.0 Å². The van der Waals surface area contributed by atoms with Gasteiger partial charge in [-0.05, 0) is 36.2 Å². The monoisotopic (exact) mass is 346 g/mol. The van der Waals surface area contributed by atoms with Gasteiger partial charge in [-0.2, -0.15) is 0 Å². The zero-order valence-electron chi connectivity index (χ0n) is 11.5. The van der Waals surface area contributed by atoms with E-state index in [1.807, 2.05) is 13.0 Å². The Morgan fingerprint density at radius 1 is 1.19 bits per heavy atom. The Bertz CT molecular complexity index is 698. The van der Waals surface area contributed by atoms with Crippen LogP contribution in [0.2, 0.25) is 0 Å². The third-order valence-corrected chi connectivity index (χ3v) is 3.92. The highest BCUT2D eigenvalue weighted by molar-refractivity contribution is 9.10. The number of primary amides is 1. The van der Waals surface area contributed by atoms with Crippen LogP contribution in [0.5, 0.6) is 0 Å². The van der Waals surface area contributed by atoms with Gasteiger partial charge in [0, 0.05) is 15.7 Å². The van der Waals surface area contributed by atoms with E-state index in [1.165, 1.54) is 0 Å². The Hall–Kier alpha value is -2.14. The topological polar surface area (TPSA) is 72.2 Å². The molecule has 2 aromatic rings. The first-order chi connectivity index (χ1) is 9.97. The first-order valence-corrected chi connectivity index (χ1v) is 7.20. The molecular formula is C16H15BrN2O2. The molecule has 0 aliphatic rings. The van der Waals surface area contributed by atoms with E-state index >= 15 is 0 Å². The molecule has 0 aliphatic carbocycles. The highest BCUT2D eigenvalue weighted by Gasteiger charge is 2.11. The Balaban J connectivity index is 2.23. The molecule has 0 atom stereocenters. The van der Waals surface area contributed by atoms with Crippen LogP contribution in [0.15, 0.2) is 46.9 Å². The van der Waals surface area contributed by atoms with Crippen LogP contribution in [0.3, 0.4) is 0 Å². The molecule has 0 fully saturated rings. The zero-order valence-corrected chi connectivity index (χ0v) is 13.1. The molecule has 2 aromatic carbocycles. The summed E-state index contributed by atoms with van der Waals surface area (Å²) in [5, 5.41) is 2.81. The number of carbonyl (C=O) groups excluding carboxylic acids is 2. The lowest BCUT2D eigenvalue weighted by atomic mass is 10.1. The molecule has 0 bridgehead atoms. The van der Waals surface area contributed by atoms with Gasteiger partial charge in [-0.25, -0.2) is 0 Å². The Morgan fingerprint density at radius 2 is 1.90 bits per heavy atom. The van der Waals surface area contributed by atoms with Gasteiger partial charge in [0.05, 0.1) is 6.42 Å². The van der Waals surface area contributed by atoms with Crippen molar-refractivity contribution in [1.29, 1.82) is 0 Å². The minimum atomic E-state index is -0.435. The largest absolute Gasteiger partial charge is 0.369 e. The second-order valence-electron chi connectivity index (χ2n) is 4.72. The summed E-state index contributed by atoms with van der Waals surface area (Å²) >= 11 is 3.41. The number of carbonyl (C=O) groups is 2. The smallest absolute Gasteiger partial charge is 0.255 e. The molecular weight excluding hydrogens is 332 g/mol. The van der Waals surface area contributed by atoms with Crippen molar-refractivity contribution in [2.45, 2.75) is 13.3 Å². The molecule has 4 nitrogen and oxygen atoms in total. The van der Waals surface area contributed by atoms with E-state index in [2.05, 4.69) is 21.2 Å². The van der Waals surface area contributed by atoms with Crippen LogP contribution in [0.1, 0.15) is 21.5 Å². The predicted octanol–water partition coefficient (Wildman–Crippen LogP) is 3.04. The van der Waals surface area contributed by atoms with Gasteiger partial charge in [0.1, 0.15) is 0 Å². The molecule has 0 radical (unpaired) electrons. The van der Waals surface area contributed by atoms with Crippen LogP contribution < -0.4 is 11.1 Å². The van der Waals surface area contributed by atoms with Crippen molar-refractivity contribution in [2.24, 2.45) is 5.73 Å². The third kappa shape index (κ3) is 3.92. The van der Waals surface area contributed by atoms with Crippen molar-refractivity contribution in [2.75, 3.05) is 5.32 Å². The second kappa shape index (κ2) is 6.54. The Kier molecular flexibility index (Phi) is 4.75. The molecule has 0 aliphatic heterocycles. The molecule has 2 rings (SSSR count). The second-order valence-corrected chi connectivity index (χ2v) is 5.57. The van der Waals surface area contributed by atoms with Crippen molar-refractivity contribution in [3.63, 3.8) is 0 Å². The summed E-state index contributed by atoms with van der Waals surface area (Å²) in [4.78, 5) is 23.3. The Labute approximate surface area is 131 Å². The summed E-state index contributed by atoms with van der Waals surface area (Å²) in [5.41, 5.74) is 8.11. The van der Waals surface area contributed by atoms with Gasteiger partial charge >= 0.3 is 0 Å². The van der Waals surface area contributed by atoms with Crippen molar-refractivity contribution in [3.8, 4) is 0 Å². The summed E-state index contributed by atoms with van der Waals surface area (Å²) in [6.07, 6.45) is 0.0913. The summed E-state index contributed by atoms with van der Waals surface area (Å²) in [7, 11) is 0. The van der Waals surface area contributed by atoms with E-state index in [-0.39, 0.29) is 12.3 Å². The summed E-state index contributed by atoms with van der Waals surface area (Å²) in [6, 6.07) is 12.5. The zero-order chi connectivity index (χ0) is 15.4. The normalized spacial score (nSPS) is 10.2. The van der Waals surface area contributed by atoms with Crippen LogP contribution in [-0.2, 0) is 11.2 Å². The first-order valence-electron chi connectivity index (χ1n) is 6.41. The maximum atomic E-state index is 12.3. The number of nitrogens with one attached hydrogen (secondary N) is 1. The molecule has 0 heterocycles. The quantitative estimate of drug-likeness (QED) is 0.892. The lowest BCUT2D eigenvalue weighted by Crippen LogP contribution is -2.17. The summed E-state index contributed by atoms with van der Waals surface area (Å²) < 4.78 is 0.876. The van der Waals surface area contributed by atoms with Crippen LogP contribution in [-0.4, -0.2) is 11.8 Å². The van der Waals surface area contributed by atoms with Gasteiger partial charge in [0.15, 0.2) is 0 Å². The fraction of sp³-hybridized carbons (Fsp3) is 0.125. The number of para-hydroxylation sites is 1. The molecule has 5 heteroatoms. The van der Waals surface area contributed by atoms with Crippen molar-refractivity contribution >= 4 is 33.4 Å².